The number of aromatic hydroxyl groups is 1. The van der Waals surface area contributed by atoms with Crippen LogP contribution in [0.25, 0.3) is 22.4 Å². The summed E-state index contributed by atoms with van der Waals surface area (Å²) in [5.41, 5.74) is 2.41. The molecule has 0 bridgehead atoms. The number of H-pyrrole nitrogens is 3. The van der Waals surface area contributed by atoms with Gasteiger partial charge in [-0.3, -0.25) is 9.78 Å². The molecule has 0 unspecified atom stereocenters. The Morgan fingerprint density at radius 2 is 1.73 bits per heavy atom. The predicted molar refractivity (Wildman–Crippen MR) is 99.6 cm³/mol. The second-order valence-electron chi connectivity index (χ2n) is 5.45. The van der Waals surface area contributed by atoms with Gasteiger partial charge in [0, 0.05) is 5.56 Å². The zero-order valence-electron chi connectivity index (χ0n) is 13.2. The molecule has 4 aromatic rings. The molecule has 0 spiro atoms. The third kappa shape index (κ3) is 3.03. The van der Waals surface area contributed by atoms with Crippen LogP contribution in [0, 0.1) is 4.77 Å². The Bertz CT molecular complexity index is 1200. The molecule has 0 saturated carbocycles. The predicted octanol–water partition coefficient (Wildman–Crippen LogP) is 4.10. The first-order valence-electron chi connectivity index (χ1n) is 7.62. The van der Waals surface area contributed by atoms with Crippen LogP contribution in [-0.4, -0.2) is 25.0 Å². The summed E-state index contributed by atoms with van der Waals surface area (Å²) in [6, 6.07) is 14.9. The van der Waals surface area contributed by atoms with Gasteiger partial charge in [0.25, 0.3) is 5.56 Å². The minimum absolute atomic E-state index is 0.0154. The number of imidazole rings is 1. The molecule has 0 amide bonds. The molecule has 2 aromatic heterocycles. The summed E-state index contributed by atoms with van der Waals surface area (Å²) in [5, 5.41) is 17.5. The molecule has 128 valence electrons. The molecule has 4 rings (SSSR count). The molecule has 8 nitrogen and oxygen atoms in total. The van der Waals surface area contributed by atoms with E-state index < -0.39 is 11.4 Å². The van der Waals surface area contributed by atoms with Gasteiger partial charge in [0.1, 0.15) is 5.82 Å². The van der Waals surface area contributed by atoms with Crippen molar-refractivity contribution < 1.29 is 5.11 Å². The van der Waals surface area contributed by atoms with E-state index in [0.29, 0.717) is 5.69 Å². The van der Waals surface area contributed by atoms with E-state index in [2.05, 4.69) is 30.2 Å². The van der Waals surface area contributed by atoms with E-state index in [0.717, 1.165) is 22.4 Å². The molecule has 9 heteroatoms. The molecule has 0 saturated heterocycles. The molecule has 26 heavy (non-hydrogen) atoms. The van der Waals surface area contributed by atoms with Crippen molar-refractivity contribution in [2.45, 2.75) is 0 Å². The molecule has 0 aliphatic rings. The van der Waals surface area contributed by atoms with Gasteiger partial charge in [0.2, 0.25) is 11.6 Å². The van der Waals surface area contributed by atoms with Crippen molar-refractivity contribution >= 4 is 34.6 Å². The van der Waals surface area contributed by atoms with E-state index in [1.807, 2.05) is 36.4 Å². The third-order valence-corrected chi connectivity index (χ3v) is 3.90. The first kappa shape index (κ1) is 15.9. The smallest absolute Gasteiger partial charge is 0.283 e. The van der Waals surface area contributed by atoms with E-state index in [4.69, 9.17) is 12.2 Å². The van der Waals surface area contributed by atoms with E-state index in [1.165, 1.54) is 0 Å². The number of nitrogens with one attached hydrogen (secondary N) is 3. The number of fused-ring (bicyclic) bond motifs is 1. The lowest BCUT2D eigenvalue weighted by Gasteiger charge is -1.98. The average molecular weight is 364 g/mol. The molecular formula is C17H12N6O2S. The zero-order valence-corrected chi connectivity index (χ0v) is 14.0. The van der Waals surface area contributed by atoms with Crippen molar-refractivity contribution in [2.24, 2.45) is 10.2 Å². The van der Waals surface area contributed by atoms with Gasteiger partial charge in [-0.2, -0.15) is 5.11 Å². The van der Waals surface area contributed by atoms with Gasteiger partial charge in [-0.25, -0.2) is 4.98 Å². The maximum Gasteiger partial charge on any atom is 0.283 e. The van der Waals surface area contributed by atoms with Crippen LogP contribution in [0.2, 0.25) is 0 Å². The van der Waals surface area contributed by atoms with Crippen molar-refractivity contribution in [3.05, 3.63) is 63.7 Å². The molecule has 2 aromatic carbocycles. The summed E-state index contributed by atoms with van der Waals surface area (Å²) in [6.45, 7) is 0. The number of nitrogens with zero attached hydrogens (tertiary/aromatic N) is 3. The van der Waals surface area contributed by atoms with Gasteiger partial charge in [-0.1, -0.05) is 12.1 Å². The van der Waals surface area contributed by atoms with Crippen LogP contribution in [0.15, 0.2) is 63.6 Å². The van der Waals surface area contributed by atoms with Crippen LogP contribution in [-0.2, 0) is 0 Å². The van der Waals surface area contributed by atoms with E-state index in [9.17, 15) is 9.90 Å². The molecule has 0 fully saturated rings. The Kier molecular flexibility index (Phi) is 3.90. The SMILES string of the molecule is O=c1[nH]c(=S)[nH]c(O)c1N=Nc1ccc(-c2nc3ccccc3[nH]2)cc1. The minimum Gasteiger partial charge on any atom is -0.493 e. The number of aromatic nitrogens is 4. The number of benzene rings is 2. The van der Waals surface area contributed by atoms with Crippen molar-refractivity contribution in [1.29, 1.82) is 0 Å². The van der Waals surface area contributed by atoms with E-state index in [-0.39, 0.29) is 10.5 Å². The maximum absolute atomic E-state index is 11.7. The first-order chi connectivity index (χ1) is 12.6. The molecular weight excluding hydrogens is 352 g/mol. The quantitative estimate of drug-likeness (QED) is 0.323. The van der Waals surface area contributed by atoms with Gasteiger partial charge < -0.3 is 15.1 Å². The second-order valence-corrected chi connectivity index (χ2v) is 5.86. The largest absolute Gasteiger partial charge is 0.493 e. The fraction of sp³-hybridized carbons (Fsp3) is 0. The number of aromatic amines is 3. The van der Waals surface area contributed by atoms with Crippen LogP contribution >= 0.6 is 12.2 Å². The molecule has 0 aliphatic carbocycles. The summed E-state index contributed by atoms with van der Waals surface area (Å²) in [7, 11) is 0. The van der Waals surface area contributed by atoms with Crippen LogP contribution in [0.5, 0.6) is 5.88 Å². The van der Waals surface area contributed by atoms with Gasteiger partial charge in [-0.05, 0) is 48.6 Å². The lowest BCUT2D eigenvalue weighted by atomic mass is 10.2. The van der Waals surface area contributed by atoms with Crippen LogP contribution in [0.1, 0.15) is 0 Å². The number of hydrogen-bond donors (Lipinski definition) is 4. The zero-order chi connectivity index (χ0) is 18.1. The Morgan fingerprint density at radius 3 is 2.46 bits per heavy atom. The van der Waals surface area contributed by atoms with Crippen molar-refractivity contribution in [3.63, 3.8) is 0 Å². The Labute approximate surface area is 151 Å². The Morgan fingerprint density at radius 1 is 0.962 bits per heavy atom. The number of rotatable bonds is 3. The summed E-state index contributed by atoms with van der Waals surface area (Å²) in [4.78, 5) is 24.3. The summed E-state index contributed by atoms with van der Waals surface area (Å²) in [6.07, 6.45) is 0. The highest BCUT2D eigenvalue weighted by Crippen LogP contribution is 2.25. The van der Waals surface area contributed by atoms with Crippen LogP contribution < -0.4 is 5.56 Å². The topological polar surface area (TPSA) is 122 Å². The fourth-order valence-corrected chi connectivity index (χ4v) is 2.63. The van der Waals surface area contributed by atoms with Crippen LogP contribution in [0.4, 0.5) is 11.4 Å². The van der Waals surface area contributed by atoms with E-state index >= 15 is 0 Å². The van der Waals surface area contributed by atoms with Gasteiger partial charge in [0.15, 0.2) is 4.77 Å². The monoisotopic (exact) mass is 364 g/mol. The van der Waals surface area contributed by atoms with Gasteiger partial charge >= 0.3 is 0 Å². The van der Waals surface area contributed by atoms with Crippen LogP contribution in [0.3, 0.4) is 0 Å². The molecule has 0 aliphatic heterocycles. The highest BCUT2D eigenvalue weighted by molar-refractivity contribution is 7.71. The van der Waals surface area contributed by atoms with Gasteiger partial charge in [0.05, 0.1) is 16.7 Å². The fourth-order valence-electron chi connectivity index (χ4n) is 2.44. The highest BCUT2D eigenvalue weighted by atomic mass is 32.1. The second kappa shape index (κ2) is 6.37. The number of hydrogen-bond acceptors (Lipinski definition) is 6. The summed E-state index contributed by atoms with van der Waals surface area (Å²) >= 11 is 4.76. The number of para-hydroxylation sites is 2. The maximum atomic E-state index is 11.7. The first-order valence-corrected chi connectivity index (χ1v) is 8.03. The number of azo groups is 1. The molecule has 0 radical (unpaired) electrons. The van der Waals surface area contributed by atoms with Crippen molar-refractivity contribution in [1.82, 2.24) is 19.9 Å². The molecule has 0 atom stereocenters. The summed E-state index contributed by atoms with van der Waals surface area (Å²) < 4.78 is 0.0154. The minimum atomic E-state index is -0.617. The Balaban J connectivity index is 1.62. The molecule has 2 heterocycles. The van der Waals surface area contributed by atoms with E-state index in [1.54, 1.807) is 12.1 Å². The normalized spacial score (nSPS) is 11.4. The third-order valence-electron chi connectivity index (χ3n) is 3.69. The molecule has 4 N–H and O–H groups in total. The van der Waals surface area contributed by atoms with Crippen molar-refractivity contribution in [3.8, 4) is 17.3 Å². The average Bonchev–Trinajstić information content (AvgIpc) is 3.05. The highest BCUT2D eigenvalue weighted by Gasteiger charge is 2.07. The lowest BCUT2D eigenvalue weighted by molar-refractivity contribution is 0.451. The lowest BCUT2D eigenvalue weighted by Crippen LogP contribution is -2.06. The van der Waals surface area contributed by atoms with Crippen molar-refractivity contribution in [2.75, 3.05) is 0 Å². The standard InChI is InChI=1S/C17H12N6O2S/c24-15-13(16(25)21-17(26)20-15)23-22-10-7-5-9(6-8-10)14-18-11-3-1-2-4-12(11)19-14/h1-8H,(H,18,19)(H3,20,21,24,25,26). The summed E-state index contributed by atoms with van der Waals surface area (Å²) in [5.74, 6) is 0.320. The Hall–Kier alpha value is -3.59. The van der Waals surface area contributed by atoms with Gasteiger partial charge in [-0.15, -0.1) is 5.11 Å².